The van der Waals surface area contributed by atoms with Crippen molar-refractivity contribution in [1.29, 1.82) is 5.26 Å². The first kappa shape index (κ1) is 15.5. The van der Waals surface area contributed by atoms with E-state index in [9.17, 15) is 13.2 Å². The van der Waals surface area contributed by atoms with Gasteiger partial charge >= 0.3 is 6.18 Å². The molecule has 6 heteroatoms. The van der Waals surface area contributed by atoms with E-state index >= 15 is 0 Å². The minimum Gasteiger partial charge on any atom is -0.329 e. The first-order chi connectivity index (χ1) is 8.97. The van der Waals surface area contributed by atoms with Crippen LogP contribution >= 0.6 is 0 Å². The quantitative estimate of drug-likeness (QED) is 0.862. The Balaban J connectivity index is 2.70. The van der Waals surface area contributed by atoms with Gasteiger partial charge in [0.05, 0.1) is 6.07 Å². The topological polar surface area (TPSA) is 53.0 Å². The Morgan fingerprint density at radius 1 is 1.26 bits per heavy atom. The highest BCUT2D eigenvalue weighted by molar-refractivity contribution is 5.14. The maximum atomic E-state index is 12.6. The molecule has 0 aliphatic carbocycles. The fourth-order valence-electron chi connectivity index (χ4n) is 1.73. The van der Waals surface area contributed by atoms with Gasteiger partial charge in [0, 0.05) is 26.2 Å². The number of hydrogen-bond acceptors (Lipinski definition) is 3. The predicted molar refractivity (Wildman–Crippen MR) is 65.9 cm³/mol. The van der Waals surface area contributed by atoms with Gasteiger partial charge in [-0.1, -0.05) is 30.3 Å². The van der Waals surface area contributed by atoms with Crippen LogP contribution in [0.3, 0.4) is 0 Å². The second-order valence-corrected chi connectivity index (χ2v) is 4.23. The van der Waals surface area contributed by atoms with Crippen molar-refractivity contribution >= 4 is 0 Å². The number of alkyl halides is 3. The molecule has 3 nitrogen and oxygen atoms in total. The van der Waals surface area contributed by atoms with E-state index in [1.54, 1.807) is 4.90 Å². The van der Waals surface area contributed by atoms with Gasteiger partial charge in [-0.05, 0) is 5.56 Å². The summed E-state index contributed by atoms with van der Waals surface area (Å²) >= 11 is 0. The monoisotopic (exact) mass is 271 g/mol. The van der Waals surface area contributed by atoms with E-state index in [4.69, 9.17) is 11.0 Å². The second-order valence-electron chi connectivity index (χ2n) is 4.23. The number of nitriles is 1. The molecular weight excluding hydrogens is 255 g/mol. The summed E-state index contributed by atoms with van der Waals surface area (Å²) in [6.45, 7) is 0.574. The number of benzene rings is 1. The smallest absolute Gasteiger partial charge is 0.329 e. The van der Waals surface area contributed by atoms with Crippen LogP contribution in [0.5, 0.6) is 0 Å². The molecule has 0 radical (unpaired) electrons. The molecule has 0 bridgehead atoms. The lowest BCUT2D eigenvalue weighted by atomic mass is 10.1. The maximum Gasteiger partial charge on any atom is 0.405 e. The third-order valence-electron chi connectivity index (χ3n) is 2.69. The van der Waals surface area contributed by atoms with Crippen molar-refractivity contribution in [1.82, 2.24) is 4.90 Å². The summed E-state index contributed by atoms with van der Waals surface area (Å²) < 4.78 is 37.7. The molecule has 1 rings (SSSR count). The van der Waals surface area contributed by atoms with Gasteiger partial charge in [0.15, 0.2) is 5.92 Å². The van der Waals surface area contributed by atoms with Gasteiger partial charge in [0.2, 0.25) is 0 Å². The van der Waals surface area contributed by atoms with E-state index in [0.717, 1.165) is 5.56 Å². The molecule has 104 valence electrons. The second kappa shape index (κ2) is 7.12. The lowest BCUT2D eigenvalue weighted by Gasteiger charge is -2.25. The van der Waals surface area contributed by atoms with Crippen LogP contribution in [0.4, 0.5) is 13.2 Å². The van der Waals surface area contributed by atoms with Gasteiger partial charge < -0.3 is 5.73 Å². The number of nitrogens with two attached hydrogens (primary N) is 1. The Kier molecular flexibility index (Phi) is 5.80. The van der Waals surface area contributed by atoms with E-state index in [1.165, 1.54) is 6.07 Å². The minimum absolute atomic E-state index is 0.253. The summed E-state index contributed by atoms with van der Waals surface area (Å²) in [7, 11) is 0. The average Bonchev–Trinajstić information content (AvgIpc) is 2.35. The molecule has 1 atom stereocenters. The Bertz CT molecular complexity index is 411. The molecule has 0 saturated carbocycles. The van der Waals surface area contributed by atoms with Crippen LogP contribution in [0.25, 0.3) is 0 Å². The highest BCUT2D eigenvalue weighted by Gasteiger charge is 2.40. The zero-order valence-electron chi connectivity index (χ0n) is 10.4. The van der Waals surface area contributed by atoms with Crippen molar-refractivity contribution in [2.75, 3.05) is 19.6 Å². The molecule has 1 aromatic carbocycles. The lowest BCUT2D eigenvalue weighted by molar-refractivity contribution is -0.163. The molecule has 0 spiro atoms. The highest BCUT2D eigenvalue weighted by Crippen LogP contribution is 2.26. The molecule has 2 N–H and O–H groups in total. The van der Waals surface area contributed by atoms with Crippen LogP contribution in [0, 0.1) is 17.2 Å². The van der Waals surface area contributed by atoms with E-state index in [0.29, 0.717) is 13.1 Å². The molecule has 0 fully saturated rings. The summed E-state index contributed by atoms with van der Waals surface area (Å²) in [5.41, 5.74) is 6.30. The zero-order valence-corrected chi connectivity index (χ0v) is 10.4. The minimum atomic E-state index is -4.50. The summed E-state index contributed by atoms with van der Waals surface area (Å²) in [4.78, 5) is 1.55. The highest BCUT2D eigenvalue weighted by atomic mass is 19.4. The van der Waals surface area contributed by atoms with Gasteiger partial charge in [0.1, 0.15) is 0 Å². The van der Waals surface area contributed by atoms with Crippen molar-refractivity contribution in [3.63, 3.8) is 0 Å². The summed E-state index contributed by atoms with van der Waals surface area (Å²) in [5, 5.41) is 8.62. The third-order valence-corrected chi connectivity index (χ3v) is 2.69. The van der Waals surface area contributed by atoms with E-state index in [1.807, 2.05) is 30.3 Å². The molecule has 0 saturated heterocycles. The van der Waals surface area contributed by atoms with Crippen LogP contribution in [0.1, 0.15) is 5.56 Å². The standard InChI is InChI=1S/C13H16F3N3/c14-13(15,16)12(8-18)10-19(7-6-17)9-11-4-2-1-3-5-11/h1-5,12H,6-7,9-10,17H2. The molecule has 19 heavy (non-hydrogen) atoms. The Morgan fingerprint density at radius 3 is 2.37 bits per heavy atom. The van der Waals surface area contributed by atoms with Crippen LogP contribution in [0.2, 0.25) is 0 Å². The van der Waals surface area contributed by atoms with Gasteiger partial charge in [-0.15, -0.1) is 0 Å². The zero-order chi connectivity index (χ0) is 14.3. The van der Waals surface area contributed by atoms with Crippen LogP contribution < -0.4 is 5.73 Å². The van der Waals surface area contributed by atoms with Gasteiger partial charge in [-0.3, -0.25) is 4.90 Å². The summed E-state index contributed by atoms with van der Waals surface area (Å²) in [6.07, 6.45) is -4.50. The fraction of sp³-hybridized carbons (Fsp3) is 0.462. The molecule has 0 aliphatic heterocycles. The van der Waals surface area contributed by atoms with Crippen LogP contribution in [0.15, 0.2) is 30.3 Å². The average molecular weight is 271 g/mol. The molecule has 0 heterocycles. The van der Waals surface area contributed by atoms with Crippen molar-refractivity contribution < 1.29 is 13.2 Å². The Labute approximate surface area is 110 Å². The number of rotatable bonds is 6. The maximum absolute atomic E-state index is 12.6. The van der Waals surface area contributed by atoms with Crippen molar-refractivity contribution in [3.05, 3.63) is 35.9 Å². The van der Waals surface area contributed by atoms with Crippen LogP contribution in [-0.4, -0.2) is 30.7 Å². The number of hydrogen-bond donors (Lipinski definition) is 1. The molecular formula is C13H16F3N3. The van der Waals surface area contributed by atoms with Gasteiger partial charge in [0.25, 0.3) is 0 Å². The number of halogens is 3. The normalized spacial score (nSPS) is 13.3. The van der Waals surface area contributed by atoms with Gasteiger partial charge in [-0.25, -0.2) is 0 Å². The first-order valence-electron chi connectivity index (χ1n) is 5.90. The third kappa shape index (κ3) is 5.28. The molecule has 1 unspecified atom stereocenters. The van der Waals surface area contributed by atoms with Crippen molar-refractivity contribution in [3.8, 4) is 6.07 Å². The molecule has 1 aromatic rings. The summed E-state index contributed by atoms with van der Waals surface area (Å²) in [5.74, 6) is -1.98. The number of nitrogens with zero attached hydrogens (tertiary/aromatic N) is 2. The molecule has 0 aliphatic rings. The van der Waals surface area contributed by atoms with Crippen LogP contribution in [-0.2, 0) is 6.54 Å². The SMILES string of the molecule is N#CC(CN(CCN)Cc1ccccc1)C(F)(F)F. The summed E-state index contributed by atoms with van der Waals surface area (Å²) in [6, 6.07) is 10.5. The van der Waals surface area contributed by atoms with Gasteiger partial charge in [-0.2, -0.15) is 18.4 Å². The Morgan fingerprint density at radius 2 is 1.89 bits per heavy atom. The van der Waals surface area contributed by atoms with E-state index < -0.39 is 12.1 Å². The van der Waals surface area contributed by atoms with E-state index in [-0.39, 0.29) is 13.1 Å². The largest absolute Gasteiger partial charge is 0.405 e. The molecule has 0 aromatic heterocycles. The first-order valence-corrected chi connectivity index (χ1v) is 5.90. The van der Waals surface area contributed by atoms with Crippen molar-refractivity contribution in [2.45, 2.75) is 12.7 Å². The van der Waals surface area contributed by atoms with E-state index in [2.05, 4.69) is 0 Å². The van der Waals surface area contributed by atoms with Crippen molar-refractivity contribution in [2.24, 2.45) is 11.7 Å². The predicted octanol–water partition coefficient (Wildman–Crippen LogP) is 2.15. The Hall–Kier alpha value is -1.58. The lowest BCUT2D eigenvalue weighted by Crippen LogP contribution is -2.38. The molecule has 0 amide bonds. The fourth-order valence-corrected chi connectivity index (χ4v) is 1.73.